The molecule has 1 fully saturated rings. The molecule has 2 aliphatic heterocycles. The third-order valence-corrected chi connectivity index (χ3v) is 7.45. The summed E-state index contributed by atoms with van der Waals surface area (Å²) in [4.78, 5) is 13.3. The van der Waals surface area contributed by atoms with Gasteiger partial charge in [-0.25, -0.2) is 4.98 Å². The van der Waals surface area contributed by atoms with Crippen molar-refractivity contribution < 1.29 is 0 Å². The Balaban J connectivity index is 1.23. The molecule has 2 aliphatic rings. The number of benzene rings is 2. The molecule has 0 atom stereocenters. The fourth-order valence-electron chi connectivity index (χ4n) is 4.16. The molecule has 8 nitrogen and oxygen atoms in total. The molecule has 1 saturated heterocycles. The lowest BCUT2D eigenvalue weighted by molar-refractivity contribution is 0.512. The second-order valence-electron chi connectivity index (χ2n) is 8.19. The van der Waals surface area contributed by atoms with E-state index in [2.05, 4.69) is 43.0 Å². The van der Waals surface area contributed by atoms with Crippen LogP contribution in [0.25, 0.3) is 11.4 Å². The van der Waals surface area contributed by atoms with Crippen molar-refractivity contribution in [1.82, 2.24) is 30.6 Å². The van der Waals surface area contributed by atoms with Crippen molar-refractivity contribution in [3.8, 4) is 11.4 Å². The second-order valence-corrected chi connectivity index (χ2v) is 9.73. The highest BCUT2D eigenvalue weighted by molar-refractivity contribution is 7.99. The molecule has 6 rings (SSSR count). The first kappa shape index (κ1) is 20.4. The Morgan fingerprint density at radius 2 is 1.85 bits per heavy atom. The van der Waals surface area contributed by atoms with Gasteiger partial charge in [0.1, 0.15) is 5.82 Å². The SMILES string of the molecule is Clc1ccc(C2CN(c3nc4c(c(Nc5ccc(-c6nn[nH]n6)cc5)n3)SCCC4)C2)cc1. The average molecular weight is 477 g/mol. The molecule has 10 heteroatoms. The van der Waals surface area contributed by atoms with Crippen LogP contribution >= 0.6 is 23.4 Å². The van der Waals surface area contributed by atoms with Crippen molar-refractivity contribution in [2.75, 3.05) is 29.1 Å². The number of halogens is 1. The van der Waals surface area contributed by atoms with Gasteiger partial charge in [0.2, 0.25) is 11.8 Å². The van der Waals surface area contributed by atoms with E-state index >= 15 is 0 Å². The topological polar surface area (TPSA) is 95.5 Å². The summed E-state index contributed by atoms with van der Waals surface area (Å²) in [6.45, 7) is 1.82. The summed E-state index contributed by atoms with van der Waals surface area (Å²) < 4.78 is 0. The maximum atomic E-state index is 6.04. The number of anilines is 3. The van der Waals surface area contributed by atoms with E-state index in [9.17, 15) is 0 Å². The predicted molar refractivity (Wildman–Crippen MR) is 130 cm³/mol. The number of hydrogen-bond acceptors (Lipinski definition) is 8. The first-order valence-electron chi connectivity index (χ1n) is 10.9. The molecule has 0 spiro atoms. The van der Waals surface area contributed by atoms with Crippen molar-refractivity contribution in [2.45, 2.75) is 23.7 Å². The van der Waals surface area contributed by atoms with Crippen LogP contribution in [0, 0.1) is 0 Å². The van der Waals surface area contributed by atoms with Gasteiger partial charge in [-0.1, -0.05) is 23.7 Å². The standard InChI is InChI=1S/C23H21ClN8S/c24-17-7-3-14(4-8-17)16-12-32(13-16)23-26-19-2-1-11-33-20(19)22(27-23)25-18-9-5-15(6-10-18)21-28-30-31-29-21/h3-10,16H,1-2,11-13H2,(H,25,26,27)(H,28,29,30,31). The highest BCUT2D eigenvalue weighted by atomic mass is 35.5. The molecular formula is C23H21ClN8S. The van der Waals surface area contributed by atoms with Crippen LogP contribution < -0.4 is 10.2 Å². The van der Waals surface area contributed by atoms with Gasteiger partial charge in [-0.15, -0.1) is 22.0 Å². The van der Waals surface area contributed by atoms with Crippen LogP contribution in [0.3, 0.4) is 0 Å². The lowest BCUT2D eigenvalue weighted by Gasteiger charge is -2.40. The van der Waals surface area contributed by atoms with Crippen LogP contribution in [0.1, 0.15) is 23.6 Å². The van der Waals surface area contributed by atoms with Gasteiger partial charge in [-0.2, -0.15) is 10.2 Å². The molecule has 2 aromatic carbocycles. The number of tetrazole rings is 1. The van der Waals surface area contributed by atoms with E-state index in [0.717, 1.165) is 70.3 Å². The Bertz CT molecular complexity index is 1260. The van der Waals surface area contributed by atoms with Crippen LogP contribution in [0.2, 0.25) is 5.02 Å². The van der Waals surface area contributed by atoms with Crippen molar-refractivity contribution >= 4 is 40.8 Å². The number of fused-ring (bicyclic) bond motifs is 1. The van der Waals surface area contributed by atoms with Gasteiger partial charge in [-0.05, 0) is 65.8 Å². The van der Waals surface area contributed by atoms with E-state index in [1.807, 2.05) is 48.2 Å². The highest BCUT2D eigenvalue weighted by Crippen LogP contribution is 2.39. The molecule has 0 unspecified atom stereocenters. The average Bonchev–Trinajstić information content (AvgIpc) is 3.35. The Kier molecular flexibility index (Phi) is 5.35. The fourth-order valence-corrected chi connectivity index (χ4v) is 5.32. The minimum atomic E-state index is 0.477. The van der Waals surface area contributed by atoms with Crippen molar-refractivity contribution in [1.29, 1.82) is 0 Å². The van der Waals surface area contributed by atoms with Crippen molar-refractivity contribution in [3.05, 3.63) is 64.8 Å². The van der Waals surface area contributed by atoms with Crippen molar-refractivity contribution in [2.24, 2.45) is 0 Å². The summed E-state index contributed by atoms with van der Waals surface area (Å²) in [6.07, 6.45) is 2.12. The summed E-state index contributed by atoms with van der Waals surface area (Å²) >= 11 is 7.87. The van der Waals surface area contributed by atoms with E-state index in [4.69, 9.17) is 21.6 Å². The molecule has 166 valence electrons. The molecule has 0 bridgehead atoms. The lowest BCUT2D eigenvalue weighted by atomic mass is 9.92. The molecule has 2 N–H and O–H groups in total. The molecule has 2 aromatic heterocycles. The van der Waals surface area contributed by atoms with Crippen LogP contribution in [-0.2, 0) is 6.42 Å². The Morgan fingerprint density at radius 3 is 2.61 bits per heavy atom. The van der Waals surface area contributed by atoms with E-state index < -0.39 is 0 Å². The number of aromatic nitrogens is 6. The monoisotopic (exact) mass is 476 g/mol. The molecule has 33 heavy (non-hydrogen) atoms. The summed E-state index contributed by atoms with van der Waals surface area (Å²) in [7, 11) is 0. The summed E-state index contributed by atoms with van der Waals surface area (Å²) in [5, 5.41) is 18.5. The van der Waals surface area contributed by atoms with Crippen LogP contribution in [0.15, 0.2) is 53.4 Å². The maximum absolute atomic E-state index is 6.04. The van der Waals surface area contributed by atoms with E-state index in [0.29, 0.717) is 11.7 Å². The Labute approximate surface area is 200 Å². The molecule has 0 aliphatic carbocycles. The van der Waals surface area contributed by atoms with Crippen LogP contribution in [0.4, 0.5) is 17.5 Å². The Hall–Kier alpha value is -3.17. The number of thioether (sulfide) groups is 1. The lowest BCUT2D eigenvalue weighted by Crippen LogP contribution is -2.46. The number of nitrogens with one attached hydrogen (secondary N) is 2. The molecular weight excluding hydrogens is 456 g/mol. The van der Waals surface area contributed by atoms with Crippen LogP contribution in [0.5, 0.6) is 0 Å². The third-order valence-electron chi connectivity index (χ3n) is 5.99. The molecule has 0 saturated carbocycles. The highest BCUT2D eigenvalue weighted by Gasteiger charge is 2.31. The zero-order valence-corrected chi connectivity index (χ0v) is 19.3. The van der Waals surface area contributed by atoms with Gasteiger partial charge >= 0.3 is 0 Å². The van der Waals surface area contributed by atoms with Gasteiger partial charge in [0.15, 0.2) is 0 Å². The molecule has 0 radical (unpaired) electrons. The van der Waals surface area contributed by atoms with Gasteiger partial charge in [0, 0.05) is 35.3 Å². The smallest absolute Gasteiger partial charge is 0.227 e. The number of aromatic amines is 1. The Morgan fingerprint density at radius 1 is 1.03 bits per heavy atom. The molecule has 4 heterocycles. The van der Waals surface area contributed by atoms with E-state index in [1.54, 1.807) is 0 Å². The van der Waals surface area contributed by atoms with E-state index in [1.165, 1.54) is 5.56 Å². The van der Waals surface area contributed by atoms with Gasteiger partial charge < -0.3 is 10.2 Å². The number of aryl methyl sites for hydroxylation is 1. The number of H-pyrrole nitrogens is 1. The zero-order chi connectivity index (χ0) is 22.2. The molecule has 4 aromatic rings. The third kappa shape index (κ3) is 4.14. The number of nitrogens with zero attached hydrogens (tertiary/aromatic N) is 6. The number of rotatable bonds is 5. The molecule has 0 amide bonds. The zero-order valence-electron chi connectivity index (χ0n) is 17.7. The fraction of sp³-hybridized carbons (Fsp3) is 0.261. The van der Waals surface area contributed by atoms with Gasteiger partial charge in [0.25, 0.3) is 0 Å². The maximum Gasteiger partial charge on any atom is 0.227 e. The predicted octanol–water partition coefficient (Wildman–Crippen LogP) is 4.70. The van der Waals surface area contributed by atoms with Crippen molar-refractivity contribution in [3.63, 3.8) is 0 Å². The minimum absolute atomic E-state index is 0.477. The van der Waals surface area contributed by atoms with E-state index in [-0.39, 0.29) is 0 Å². The normalized spacial score (nSPS) is 15.7. The second kappa shape index (κ2) is 8.64. The van der Waals surface area contributed by atoms with Gasteiger partial charge in [0.05, 0.1) is 10.6 Å². The minimum Gasteiger partial charge on any atom is -0.339 e. The largest absolute Gasteiger partial charge is 0.339 e. The summed E-state index contributed by atoms with van der Waals surface area (Å²) in [5.74, 6) is 3.82. The number of hydrogen-bond donors (Lipinski definition) is 2. The summed E-state index contributed by atoms with van der Waals surface area (Å²) in [5.41, 5.74) is 4.31. The first-order valence-corrected chi connectivity index (χ1v) is 12.2. The first-order chi connectivity index (χ1) is 16.2. The quantitative estimate of drug-likeness (QED) is 0.428. The van der Waals surface area contributed by atoms with Gasteiger partial charge in [-0.3, -0.25) is 0 Å². The summed E-state index contributed by atoms with van der Waals surface area (Å²) in [6, 6.07) is 16.1. The van der Waals surface area contributed by atoms with Crippen LogP contribution in [-0.4, -0.2) is 49.4 Å².